The van der Waals surface area contributed by atoms with Crippen LogP contribution in [-0.2, 0) is 16.2 Å². The van der Waals surface area contributed by atoms with Crippen LogP contribution in [0.2, 0.25) is 0 Å². The van der Waals surface area contributed by atoms with E-state index in [-0.39, 0.29) is 17.5 Å². The van der Waals surface area contributed by atoms with E-state index >= 15 is 0 Å². The Balaban J connectivity index is 0.877. The van der Waals surface area contributed by atoms with Gasteiger partial charge in [0.1, 0.15) is 46.0 Å². The van der Waals surface area contributed by atoms with E-state index in [9.17, 15) is 0 Å². The Morgan fingerprint density at radius 2 is 0.496 bits per heavy atom. The maximum atomic E-state index is 8.43. The fourth-order valence-electron chi connectivity index (χ4n) is 20.1. The molecule has 0 saturated carbocycles. The van der Waals surface area contributed by atoms with Crippen LogP contribution in [0.5, 0.6) is 46.0 Å². The summed E-state index contributed by atoms with van der Waals surface area (Å²) >= 11 is 0. The number of anilines is 6. The first-order valence-corrected chi connectivity index (χ1v) is 43.2. The number of ether oxygens (including phenoxy) is 4. The van der Waals surface area contributed by atoms with Gasteiger partial charge in [0.25, 0.3) is 20.1 Å². The summed E-state index contributed by atoms with van der Waals surface area (Å²) in [5.74, 6) is 5.80. The molecule has 0 bridgehead atoms. The second-order valence-corrected chi connectivity index (χ2v) is 36.9. The van der Waals surface area contributed by atoms with Crippen LogP contribution in [0.3, 0.4) is 0 Å². The van der Waals surface area contributed by atoms with E-state index in [0.29, 0.717) is 17.2 Å². The number of hydrogen-bond donors (Lipinski definition) is 0. The van der Waals surface area contributed by atoms with Gasteiger partial charge in [-0.2, -0.15) is 0 Å². The molecule has 0 amide bonds. The average molecular weight is 1580 g/mol. The Kier molecular flexibility index (Phi) is 16.9. The molecule has 123 heavy (non-hydrogen) atoms. The van der Waals surface area contributed by atoms with Crippen molar-refractivity contribution in [3.05, 3.63) is 381 Å². The molecule has 17 aromatic carbocycles. The molecule has 0 spiro atoms. The van der Waals surface area contributed by atoms with Gasteiger partial charge in [-0.3, -0.25) is 0 Å². The van der Waals surface area contributed by atoms with Gasteiger partial charge in [-0.25, -0.2) is 0 Å². The van der Waals surface area contributed by atoms with Crippen molar-refractivity contribution in [3.63, 3.8) is 0 Å². The van der Waals surface area contributed by atoms with E-state index in [1.165, 1.54) is 16.7 Å². The van der Waals surface area contributed by atoms with E-state index in [4.69, 9.17) is 18.9 Å². The lowest BCUT2D eigenvalue weighted by atomic mass is 9.29. The van der Waals surface area contributed by atoms with Gasteiger partial charge in [0.2, 0.25) is 0 Å². The second kappa shape index (κ2) is 28.2. The van der Waals surface area contributed by atoms with Gasteiger partial charge in [0.05, 0.1) is 11.4 Å². The Morgan fingerprint density at radius 1 is 0.195 bits per heavy atom. The van der Waals surface area contributed by atoms with Crippen molar-refractivity contribution in [1.82, 2.24) is 0 Å². The molecule has 0 aliphatic carbocycles. The maximum Gasteiger partial charge on any atom is 0.265 e. The lowest BCUT2D eigenvalue weighted by molar-refractivity contribution is 0.443. The van der Waals surface area contributed by atoms with Gasteiger partial charge in [-0.1, -0.05) is 353 Å². The molecule has 23 rings (SSSR count). The normalized spacial score (nSPS) is 13.4. The van der Waals surface area contributed by atoms with Crippen molar-refractivity contribution >= 4 is 103 Å². The first-order chi connectivity index (χ1) is 59.9. The van der Waals surface area contributed by atoms with Crippen LogP contribution in [0.1, 0.15) is 79.0 Å². The maximum absolute atomic E-state index is 8.43. The lowest BCUT2D eigenvalue weighted by Crippen LogP contribution is -2.66. The highest BCUT2D eigenvalue weighted by Crippen LogP contribution is 2.58. The fourth-order valence-corrected chi connectivity index (χ4v) is 20.1. The third-order valence-electron chi connectivity index (χ3n) is 26.3. The van der Waals surface area contributed by atoms with Crippen molar-refractivity contribution in [2.45, 2.75) is 78.6 Å². The van der Waals surface area contributed by atoms with Gasteiger partial charge in [0.15, 0.2) is 0 Å². The highest BCUT2D eigenvalue weighted by atomic mass is 16.5. The third-order valence-corrected chi connectivity index (χ3v) is 26.3. The molecule has 0 saturated heterocycles. The van der Waals surface area contributed by atoms with E-state index in [2.05, 4.69) is 436 Å². The summed E-state index contributed by atoms with van der Waals surface area (Å²) < 4.78 is 31.9. The minimum Gasteiger partial charge on any atom is -0.459 e. The summed E-state index contributed by atoms with van der Waals surface area (Å²) in [4.78, 5) is 5.36. The van der Waals surface area contributed by atoms with Gasteiger partial charge in [-0.15, -0.1) is 0 Å². The Morgan fingerprint density at radius 3 is 0.911 bits per heavy atom. The molecule has 0 N–H and O–H groups in total. The zero-order chi connectivity index (χ0) is 82.9. The lowest BCUT2D eigenvalue weighted by Gasteiger charge is -2.48. The highest BCUT2D eigenvalue weighted by Gasteiger charge is 2.54. The van der Waals surface area contributed by atoms with Crippen LogP contribution in [0.4, 0.5) is 34.1 Å². The highest BCUT2D eigenvalue weighted by molar-refractivity contribution is 7.04. The van der Waals surface area contributed by atoms with Crippen molar-refractivity contribution in [1.29, 1.82) is 0 Å². The fraction of sp³-hybridized carbons (Fsp3) is 0.105. The first kappa shape index (κ1) is 73.8. The van der Waals surface area contributed by atoms with Crippen molar-refractivity contribution in [2.24, 2.45) is 0 Å². The SMILES string of the molecule is CC(C)(C)c1cc(-c2ccccc2)c(N2c3cc(-c4ccccc4)ccc3B3c4c2cc(C(C)(C)C)cc4N(c2c(-c4ccccc4)cc(C(C)(C)C)cc2-c2ccccc2)c2cc4c5c(c23)Oc2cc(-c3ccccc3)ccc2B5c2c(cc3c5c2Oc2ccc(-c6ccccc6)cc2B5c2cc(-c5ccccc5)ccc2O3)O4)c(-c2ccccc2)c1. The van der Waals surface area contributed by atoms with Gasteiger partial charge >= 0.3 is 0 Å². The molecule has 0 radical (unpaired) electrons. The molecule has 0 atom stereocenters. The molecule has 6 aliphatic rings. The van der Waals surface area contributed by atoms with Gasteiger partial charge in [-0.05, 0) is 193 Å². The molecule has 6 nitrogen and oxygen atoms in total. The number of nitrogens with zero attached hydrogens (tertiary/aromatic N) is 2. The molecular weight excluding hydrogens is 1490 g/mol. The largest absolute Gasteiger partial charge is 0.459 e. The quantitative estimate of drug-likeness (QED) is 0.127. The second-order valence-electron chi connectivity index (χ2n) is 36.9. The first-order valence-electron chi connectivity index (χ1n) is 43.2. The predicted molar refractivity (Wildman–Crippen MR) is 515 cm³/mol. The van der Waals surface area contributed by atoms with Crippen LogP contribution < -0.4 is 77.9 Å². The molecular formula is C114H87B3N2O4. The summed E-state index contributed by atoms with van der Waals surface area (Å²) in [6.07, 6.45) is 0. The zero-order valence-electron chi connectivity index (χ0n) is 70.4. The Labute approximate surface area is 721 Å². The van der Waals surface area contributed by atoms with E-state index in [1.807, 2.05) is 0 Å². The van der Waals surface area contributed by atoms with Crippen LogP contribution in [0, 0.1) is 0 Å². The predicted octanol–water partition coefficient (Wildman–Crippen LogP) is 24.5. The minimum atomic E-state index is -0.521. The van der Waals surface area contributed by atoms with Crippen molar-refractivity contribution in [2.75, 3.05) is 9.80 Å². The standard InChI is InChI=1S/C114H87B3N2O4/c1-112(2,3)82-62-85(74-42-26-14-27-43-74)108(86(63-82)75-44-28-15-29-45-75)118-93-60-80(72-38-22-12-23-39-72)50-54-89(93)116-103-94(118)66-84(114(7,8)9)67-95(103)119(109-87(76-46-30-16-31-47-76)64-83(113(4,5)6)65-88(109)77-48-32-17-33-49-77)96-68-100-106-110(104(96)116)123-99-61-81(73-40-24-13-25-41-73)51-55-90(99)117(106)107-102(121-100)69-101-105-111(107)122-98-57-53-79(71-36-20-11-21-37-71)59-92(98)115(105)91-58-78(52-56-97(91)120-101)70-34-18-10-19-35-70/h10-69H,1-9H3. The molecule has 17 aromatic rings. The minimum absolute atomic E-state index is 0.237. The van der Waals surface area contributed by atoms with Crippen LogP contribution in [0.25, 0.3) is 89.0 Å². The molecule has 0 unspecified atom stereocenters. The van der Waals surface area contributed by atoms with E-state index in [0.717, 1.165) is 201 Å². The molecule has 0 aromatic heterocycles. The topological polar surface area (TPSA) is 43.4 Å². The number of hydrogen-bond acceptors (Lipinski definition) is 6. The van der Waals surface area contributed by atoms with Gasteiger partial charge < -0.3 is 28.7 Å². The Bertz CT molecular complexity index is 7000. The molecule has 0 fully saturated rings. The Hall–Kier alpha value is -14.3. The average Bonchev–Trinajstić information content (AvgIpc) is 0.670. The monoisotopic (exact) mass is 1580 g/mol. The number of fused-ring (bicyclic) bond motifs is 14. The smallest absolute Gasteiger partial charge is 0.265 e. The van der Waals surface area contributed by atoms with Crippen LogP contribution in [0.15, 0.2) is 364 Å². The number of rotatable bonds is 10. The molecule has 9 heteroatoms. The van der Waals surface area contributed by atoms with Crippen LogP contribution in [-0.4, -0.2) is 20.1 Å². The summed E-state index contributed by atoms with van der Waals surface area (Å²) in [5, 5.41) is 0. The van der Waals surface area contributed by atoms with Crippen molar-refractivity contribution in [3.8, 4) is 135 Å². The van der Waals surface area contributed by atoms with Gasteiger partial charge in [0, 0.05) is 73.5 Å². The summed E-state index contributed by atoms with van der Waals surface area (Å²) in [6.45, 7) is 19.9. The van der Waals surface area contributed by atoms with E-state index < -0.39 is 18.8 Å². The summed E-state index contributed by atoms with van der Waals surface area (Å²) in [7, 11) is 0. The third kappa shape index (κ3) is 12.1. The molecule has 6 aliphatic heterocycles. The summed E-state index contributed by atoms with van der Waals surface area (Å²) in [6, 6.07) is 135. The van der Waals surface area contributed by atoms with Crippen LogP contribution >= 0.6 is 0 Å². The molecule has 6 heterocycles. The van der Waals surface area contributed by atoms with E-state index in [1.54, 1.807) is 0 Å². The zero-order valence-corrected chi connectivity index (χ0v) is 70.4. The van der Waals surface area contributed by atoms with Crippen molar-refractivity contribution < 1.29 is 18.9 Å². The molecule has 586 valence electrons. The summed E-state index contributed by atoms with van der Waals surface area (Å²) in [5.41, 5.74) is 35.9. The number of benzene rings is 17.